The first kappa shape index (κ1) is 34.2. The summed E-state index contributed by atoms with van der Waals surface area (Å²) < 4.78 is 28.2. The number of aromatic carboxylic acids is 1. The maximum Gasteiger partial charge on any atom is 0.354 e. The number of carbonyl (C=O) groups is 2. The third-order valence-electron chi connectivity index (χ3n) is 6.26. The Balaban J connectivity index is 1.53. The summed E-state index contributed by atoms with van der Waals surface area (Å²) in [6, 6.07) is 8.43. The summed E-state index contributed by atoms with van der Waals surface area (Å²) in [7, 11) is 1.71. The summed E-state index contributed by atoms with van der Waals surface area (Å²) in [5.41, 5.74) is 2.02. The molecule has 2 aromatic heterocycles. The molecule has 0 unspecified atom stereocenters. The maximum atomic E-state index is 11.3. The number of carbonyl (C=O) groups excluding carboxylic acids is 1. The summed E-state index contributed by atoms with van der Waals surface area (Å²) in [5, 5.41) is 15.6. The molecule has 2 aromatic rings. The molecule has 15 heteroatoms. The molecule has 1 saturated heterocycles. The SMILES string of the molecule is CNC(=S)Nc1cc(CN2CCOCCOCCN(Cc3cccc(C(=O)O)n3)CCOCCOCC2)nc(OC=O)c1. The second-order valence-corrected chi connectivity index (χ2v) is 9.83. The number of carboxylic acids is 1. The highest BCUT2D eigenvalue weighted by Gasteiger charge is 2.13. The van der Waals surface area contributed by atoms with Gasteiger partial charge in [0.15, 0.2) is 5.11 Å². The number of anilines is 1. The minimum absolute atomic E-state index is 0.0203. The fourth-order valence-corrected chi connectivity index (χ4v) is 4.24. The minimum atomic E-state index is -1.05. The van der Waals surface area contributed by atoms with Gasteiger partial charge in [0.2, 0.25) is 5.88 Å². The van der Waals surface area contributed by atoms with Crippen molar-refractivity contribution in [1.82, 2.24) is 25.1 Å². The molecular weight excluding hydrogens is 580 g/mol. The van der Waals surface area contributed by atoms with Crippen LogP contribution in [0.4, 0.5) is 5.69 Å². The lowest BCUT2D eigenvalue weighted by atomic mass is 10.3. The molecule has 0 amide bonds. The minimum Gasteiger partial charge on any atom is -0.477 e. The van der Waals surface area contributed by atoms with E-state index in [1.165, 1.54) is 6.07 Å². The number of pyridine rings is 2. The molecule has 43 heavy (non-hydrogen) atoms. The van der Waals surface area contributed by atoms with E-state index in [0.29, 0.717) is 121 Å². The van der Waals surface area contributed by atoms with E-state index in [0.717, 1.165) is 0 Å². The maximum absolute atomic E-state index is 11.3. The monoisotopic (exact) mass is 620 g/mol. The Kier molecular flexibility index (Phi) is 15.7. The molecule has 0 bridgehead atoms. The molecule has 0 atom stereocenters. The molecule has 0 aromatic carbocycles. The van der Waals surface area contributed by atoms with Gasteiger partial charge < -0.3 is 39.4 Å². The van der Waals surface area contributed by atoms with Crippen molar-refractivity contribution in [3.8, 4) is 5.88 Å². The van der Waals surface area contributed by atoms with Crippen LogP contribution in [0.3, 0.4) is 0 Å². The van der Waals surface area contributed by atoms with E-state index in [-0.39, 0.29) is 11.6 Å². The highest BCUT2D eigenvalue weighted by atomic mass is 32.1. The highest BCUT2D eigenvalue weighted by Crippen LogP contribution is 2.18. The number of thiocarbonyl (C=S) groups is 1. The third-order valence-corrected chi connectivity index (χ3v) is 6.56. The highest BCUT2D eigenvalue weighted by molar-refractivity contribution is 7.80. The Bertz CT molecular complexity index is 1140. The molecular formula is C28H40N6O8S. The van der Waals surface area contributed by atoms with Gasteiger partial charge in [-0.1, -0.05) is 6.07 Å². The van der Waals surface area contributed by atoms with E-state index in [4.69, 9.17) is 35.9 Å². The van der Waals surface area contributed by atoms with Gasteiger partial charge in [-0.15, -0.1) is 0 Å². The molecule has 0 saturated carbocycles. The Hall–Kier alpha value is -3.31. The Morgan fingerprint density at radius 2 is 1.47 bits per heavy atom. The van der Waals surface area contributed by atoms with Gasteiger partial charge in [0, 0.05) is 58.1 Å². The molecule has 1 aliphatic heterocycles. The summed E-state index contributed by atoms with van der Waals surface area (Å²) in [6.07, 6.45) is 0. The van der Waals surface area contributed by atoms with Gasteiger partial charge in [-0.05, 0) is 30.4 Å². The van der Waals surface area contributed by atoms with E-state index in [2.05, 4.69) is 30.4 Å². The van der Waals surface area contributed by atoms with Gasteiger partial charge in [-0.2, -0.15) is 0 Å². The third kappa shape index (κ3) is 13.7. The van der Waals surface area contributed by atoms with Crippen LogP contribution in [0.5, 0.6) is 5.88 Å². The smallest absolute Gasteiger partial charge is 0.354 e. The van der Waals surface area contributed by atoms with Crippen molar-refractivity contribution in [3.63, 3.8) is 0 Å². The van der Waals surface area contributed by atoms with Gasteiger partial charge in [0.05, 0.1) is 64.2 Å². The number of nitrogens with zero attached hydrogens (tertiary/aromatic N) is 4. The average molecular weight is 621 g/mol. The molecule has 3 rings (SSSR count). The number of nitrogens with one attached hydrogen (secondary N) is 2. The first-order chi connectivity index (χ1) is 21.0. The quantitative estimate of drug-likeness (QED) is 0.284. The Morgan fingerprint density at radius 3 is 1.98 bits per heavy atom. The van der Waals surface area contributed by atoms with Crippen molar-refractivity contribution in [3.05, 3.63) is 47.4 Å². The van der Waals surface area contributed by atoms with E-state index in [9.17, 15) is 14.7 Å². The van der Waals surface area contributed by atoms with Crippen LogP contribution in [0, 0.1) is 0 Å². The van der Waals surface area contributed by atoms with Crippen LogP contribution < -0.4 is 15.4 Å². The first-order valence-electron chi connectivity index (χ1n) is 14.0. The van der Waals surface area contributed by atoms with E-state index in [1.54, 1.807) is 19.2 Å². The lowest BCUT2D eigenvalue weighted by molar-refractivity contribution is -0.120. The van der Waals surface area contributed by atoms with E-state index >= 15 is 0 Å². The lowest BCUT2D eigenvalue weighted by Crippen LogP contribution is -2.33. The molecule has 3 heterocycles. The Morgan fingerprint density at radius 1 is 0.907 bits per heavy atom. The summed E-state index contributed by atoms with van der Waals surface area (Å²) in [4.78, 5) is 35.1. The summed E-state index contributed by atoms with van der Waals surface area (Å²) in [6.45, 7) is 7.44. The number of hydrogen-bond acceptors (Lipinski definition) is 12. The molecule has 0 radical (unpaired) electrons. The van der Waals surface area contributed by atoms with Crippen LogP contribution in [0.25, 0.3) is 0 Å². The van der Waals surface area contributed by atoms with Crippen molar-refractivity contribution in [2.45, 2.75) is 13.1 Å². The van der Waals surface area contributed by atoms with Crippen molar-refractivity contribution in [2.75, 3.05) is 91.4 Å². The first-order valence-corrected chi connectivity index (χ1v) is 14.4. The average Bonchev–Trinajstić information content (AvgIpc) is 2.99. The predicted molar refractivity (Wildman–Crippen MR) is 161 cm³/mol. The van der Waals surface area contributed by atoms with Crippen LogP contribution in [-0.2, 0) is 36.8 Å². The van der Waals surface area contributed by atoms with Gasteiger partial charge >= 0.3 is 5.97 Å². The molecule has 3 N–H and O–H groups in total. The zero-order valence-electron chi connectivity index (χ0n) is 24.4. The largest absolute Gasteiger partial charge is 0.477 e. The van der Waals surface area contributed by atoms with Crippen molar-refractivity contribution < 1.29 is 38.4 Å². The number of carboxylic acid groups (broad SMARTS) is 1. The number of rotatable bonds is 8. The fraction of sp³-hybridized carbons (Fsp3) is 0.536. The molecule has 1 fully saturated rings. The van der Waals surface area contributed by atoms with Gasteiger partial charge in [0.1, 0.15) is 5.69 Å². The van der Waals surface area contributed by atoms with Crippen molar-refractivity contribution in [2.24, 2.45) is 0 Å². The van der Waals surface area contributed by atoms with Crippen molar-refractivity contribution >= 4 is 35.5 Å². The standard InChI is InChI=1S/C28H40N6O8S/c1-29-28(43)32-23-17-24(31-26(18-23)42-21-35)20-34-7-11-40-15-13-38-9-5-33(6-10-39-14-16-41-12-8-34)19-22-3-2-4-25(30-22)27(36)37/h2-4,17-18,21H,5-16,19-20H2,1H3,(H,36,37)(H2,29,31,32,43). The van der Waals surface area contributed by atoms with E-state index in [1.807, 2.05) is 12.1 Å². The molecule has 0 spiro atoms. The van der Waals surface area contributed by atoms with Gasteiger partial charge in [0.25, 0.3) is 6.47 Å². The summed E-state index contributed by atoms with van der Waals surface area (Å²) in [5.74, 6) is -0.885. The van der Waals surface area contributed by atoms with Crippen LogP contribution in [0.1, 0.15) is 21.9 Å². The second kappa shape index (κ2) is 19.8. The molecule has 0 aliphatic carbocycles. The molecule has 1 aliphatic rings. The number of ether oxygens (including phenoxy) is 5. The lowest BCUT2D eigenvalue weighted by Gasteiger charge is -2.23. The number of hydrogen-bond donors (Lipinski definition) is 3. The van der Waals surface area contributed by atoms with Crippen molar-refractivity contribution in [1.29, 1.82) is 0 Å². The Labute approximate surface area is 256 Å². The van der Waals surface area contributed by atoms with Crippen LogP contribution in [-0.4, -0.2) is 129 Å². The van der Waals surface area contributed by atoms with E-state index < -0.39 is 5.97 Å². The zero-order chi connectivity index (χ0) is 30.7. The summed E-state index contributed by atoms with van der Waals surface area (Å²) >= 11 is 5.19. The van der Waals surface area contributed by atoms with Gasteiger partial charge in [-0.25, -0.2) is 14.8 Å². The molecule has 236 valence electrons. The fourth-order valence-electron chi connectivity index (χ4n) is 4.12. The second-order valence-electron chi connectivity index (χ2n) is 9.42. The van der Waals surface area contributed by atoms with Crippen LogP contribution in [0.2, 0.25) is 0 Å². The van der Waals surface area contributed by atoms with Crippen LogP contribution in [0.15, 0.2) is 30.3 Å². The van der Waals surface area contributed by atoms with Gasteiger partial charge in [-0.3, -0.25) is 14.6 Å². The normalized spacial score (nSPS) is 17.2. The topological polar surface area (TPSA) is 157 Å². The zero-order valence-corrected chi connectivity index (χ0v) is 25.2. The predicted octanol–water partition coefficient (Wildman–Crippen LogP) is 1.01. The number of aromatic nitrogens is 2. The van der Waals surface area contributed by atoms with Crippen LogP contribution >= 0.6 is 12.2 Å². The molecule has 14 nitrogen and oxygen atoms in total.